The van der Waals surface area contributed by atoms with Crippen LogP contribution in [0.4, 0.5) is 9.59 Å². The summed E-state index contributed by atoms with van der Waals surface area (Å²) in [4.78, 5) is 26.3. The molecule has 3 fully saturated rings. The van der Waals surface area contributed by atoms with Crippen LogP contribution >= 0.6 is 21.6 Å². The van der Waals surface area contributed by atoms with E-state index in [0.717, 1.165) is 67.7 Å². The number of carbonyl (C=O) groups is 2. The number of fused-ring (bicyclic) bond motifs is 5. The highest BCUT2D eigenvalue weighted by molar-refractivity contribution is 8.76. The van der Waals surface area contributed by atoms with Crippen molar-refractivity contribution < 1.29 is 23.8 Å². The van der Waals surface area contributed by atoms with Gasteiger partial charge < -0.3 is 24.4 Å². The normalized spacial score (nSPS) is 32.2. The average molecular weight is 695 g/mol. The molecule has 4 rings (SSSR count). The Labute approximate surface area is 294 Å². The number of carbonyl (C=O) groups excluding carboxylic acids is 2. The Morgan fingerprint density at radius 1 is 0.957 bits per heavy atom. The molecule has 4 aliphatic rings. The summed E-state index contributed by atoms with van der Waals surface area (Å²) in [6, 6.07) is 0. The Kier molecular flexibility index (Phi) is 15.0. The van der Waals surface area contributed by atoms with E-state index >= 15 is 0 Å². The molecule has 47 heavy (non-hydrogen) atoms. The van der Waals surface area contributed by atoms with Crippen molar-refractivity contribution in [1.29, 1.82) is 0 Å². The first-order valence-electron chi connectivity index (χ1n) is 18.8. The summed E-state index contributed by atoms with van der Waals surface area (Å²) in [5.74, 6) is 6.36. The zero-order valence-electron chi connectivity index (χ0n) is 30.7. The molecular formula is C38H66N2O5S2. The van der Waals surface area contributed by atoms with E-state index in [1.165, 1.54) is 51.4 Å². The van der Waals surface area contributed by atoms with Gasteiger partial charge in [-0.3, -0.25) is 0 Å². The third-order valence-electron chi connectivity index (χ3n) is 12.4. The van der Waals surface area contributed by atoms with Crippen LogP contribution in [-0.2, 0) is 14.2 Å². The van der Waals surface area contributed by atoms with Crippen LogP contribution in [0.5, 0.6) is 0 Å². The van der Waals surface area contributed by atoms with Crippen LogP contribution < -0.4 is 5.32 Å². The quantitative estimate of drug-likeness (QED) is 0.0698. The summed E-state index contributed by atoms with van der Waals surface area (Å²) in [5, 5.41) is 2.77. The van der Waals surface area contributed by atoms with Gasteiger partial charge in [0.2, 0.25) is 0 Å². The highest BCUT2D eigenvalue weighted by atomic mass is 33.1. The predicted molar refractivity (Wildman–Crippen MR) is 197 cm³/mol. The minimum absolute atomic E-state index is 0.0806. The van der Waals surface area contributed by atoms with Crippen molar-refractivity contribution in [3.63, 3.8) is 0 Å². The third-order valence-corrected chi connectivity index (χ3v) is 14.8. The number of hydrogen-bond acceptors (Lipinski definition) is 8. The second-order valence-corrected chi connectivity index (χ2v) is 18.9. The number of ether oxygens (including phenoxy) is 3. The first kappa shape index (κ1) is 38.7. The SMILES string of the molecule is CC(C)CCCC(C)C1CCC2C3CC=C4CC(OC(=O)OCCSSCCOC(=O)NCCCN(C)C)CCC4(C)C3CCC12C. The van der Waals surface area contributed by atoms with Gasteiger partial charge in [-0.25, -0.2) is 9.59 Å². The predicted octanol–water partition coefficient (Wildman–Crippen LogP) is 9.61. The van der Waals surface area contributed by atoms with E-state index in [2.05, 4.69) is 50.9 Å². The molecule has 9 heteroatoms. The van der Waals surface area contributed by atoms with Crippen LogP contribution in [0.1, 0.15) is 112 Å². The maximum absolute atomic E-state index is 12.5. The Morgan fingerprint density at radius 3 is 2.43 bits per heavy atom. The van der Waals surface area contributed by atoms with Gasteiger partial charge in [0, 0.05) is 24.5 Å². The molecule has 0 bridgehead atoms. The average Bonchev–Trinajstić information content (AvgIpc) is 3.38. The fourth-order valence-corrected chi connectivity index (χ4v) is 11.7. The van der Waals surface area contributed by atoms with Crippen LogP contribution in [0.2, 0.25) is 0 Å². The Hall–Kier alpha value is -1.06. The van der Waals surface area contributed by atoms with Gasteiger partial charge in [0.25, 0.3) is 0 Å². The Balaban J connectivity index is 1.13. The first-order valence-corrected chi connectivity index (χ1v) is 21.3. The molecule has 0 radical (unpaired) electrons. The van der Waals surface area contributed by atoms with Gasteiger partial charge in [0.15, 0.2) is 0 Å². The Bertz CT molecular complexity index is 1040. The number of alkyl carbamates (subject to hydrolysis) is 1. The third kappa shape index (κ3) is 10.5. The van der Waals surface area contributed by atoms with Crippen molar-refractivity contribution >= 4 is 33.8 Å². The van der Waals surface area contributed by atoms with E-state index in [1.807, 2.05) is 14.1 Å². The zero-order valence-corrected chi connectivity index (χ0v) is 32.3. The summed E-state index contributed by atoms with van der Waals surface area (Å²) in [6.45, 7) is 14.7. The maximum Gasteiger partial charge on any atom is 0.508 e. The molecular weight excluding hydrogens is 629 g/mol. The summed E-state index contributed by atoms with van der Waals surface area (Å²) in [7, 11) is 7.25. The van der Waals surface area contributed by atoms with Gasteiger partial charge >= 0.3 is 12.2 Å². The van der Waals surface area contributed by atoms with E-state index in [1.54, 1.807) is 27.2 Å². The molecule has 3 saturated carbocycles. The second-order valence-electron chi connectivity index (χ2n) is 16.2. The molecule has 270 valence electrons. The van der Waals surface area contributed by atoms with Gasteiger partial charge in [-0.1, -0.05) is 87.1 Å². The van der Waals surface area contributed by atoms with Gasteiger partial charge in [0.05, 0.1) is 0 Å². The number of nitrogens with one attached hydrogen (secondary N) is 1. The first-order chi connectivity index (χ1) is 22.4. The van der Waals surface area contributed by atoms with Gasteiger partial charge in [-0.2, -0.15) is 0 Å². The van der Waals surface area contributed by atoms with Crippen molar-refractivity contribution in [2.24, 2.45) is 46.3 Å². The van der Waals surface area contributed by atoms with Crippen LogP contribution in [0, 0.1) is 46.3 Å². The van der Waals surface area contributed by atoms with Crippen LogP contribution in [0.15, 0.2) is 11.6 Å². The molecule has 0 aromatic heterocycles. The van der Waals surface area contributed by atoms with Crippen LogP contribution in [0.25, 0.3) is 0 Å². The topological polar surface area (TPSA) is 77.1 Å². The summed E-state index contributed by atoms with van der Waals surface area (Å²) >= 11 is 0. The molecule has 4 aliphatic carbocycles. The lowest BCUT2D eigenvalue weighted by Crippen LogP contribution is -2.51. The van der Waals surface area contributed by atoms with Gasteiger partial charge in [-0.15, -0.1) is 0 Å². The number of amides is 1. The van der Waals surface area contributed by atoms with Crippen molar-refractivity contribution in [1.82, 2.24) is 10.2 Å². The number of hydrogen-bond donors (Lipinski definition) is 1. The minimum atomic E-state index is -0.541. The molecule has 0 spiro atoms. The fraction of sp³-hybridized carbons (Fsp3) is 0.895. The smallest absolute Gasteiger partial charge is 0.449 e. The molecule has 7 nitrogen and oxygen atoms in total. The summed E-state index contributed by atoms with van der Waals surface area (Å²) < 4.78 is 16.4. The number of allylic oxidation sites excluding steroid dienone is 1. The standard InChI is InChI=1S/C38H66N2O5S2/c1-27(2)10-8-11-28(3)32-14-15-33-31-13-12-29-26-30(16-18-37(29,4)34(31)17-19-38(32,33)5)45-36(42)44-23-25-47-46-24-22-43-35(41)39-20-9-21-40(6)7/h12,27-28,30-34H,8-11,13-26H2,1-7H3,(H,39,41). The molecule has 0 heterocycles. The van der Waals surface area contributed by atoms with Gasteiger partial charge in [-0.05, 0) is 118 Å². The van der Waals surface area contributed by atoms with Crippen LogP contribution in [-0.4, -0.2) is 75.2 Å². The highest BCUT2D eigenvalue weighted by Crippen LogP contribution is 2.67. The molecule has 0 aromatic carbocycles. The minimum Gasteiger partial charge on any atom is -0.449 e. The van der Waals surface area contributed by atoms with E-state index in [9.17, 15) is 9.59 Å². The van der Waals surface area contributed by atoms with Crippen molar-refractivity contribution in [2.75, 3.05) is 51.9 Å². The molecule has 0 aromatic rings. The molecule has 1 N–H and O–H groups in total. The largest absolute Gasteiger partial charge is 0.508 e. The Morgan fingerprint density at radius 2 is 1.70 bits per heavy atom. The van der Waals surface area contributed by atoms with Gasteiger partial charge in [0.1, 0.15) is 19.3 Å². The molecule has 0 saturated heterocycles. The van der Waals surface area contributed by atoms with E-state index in [-0.39, 0.29) is 17.6 Å². The van der Waals surface area contributed by atoms with E-state index in [0.29, 0.717) is 36.7 Å². The van der Waals surface area contributed by atoms with Crippen molar-refractivity contribution in [3.8, 4) is 0 Å². The molecule has 0 aliphatic heterocycles. The van der Waals surface area contributed by atoms with E-state index in [4.69, 9.17) is 14.2 Å². The highest BCUT2D eigenvalue weighted by Gasteiger charge is 2.59. The van der Waals surface area contributed by atoms with Crippen molar-refractivity contribution in [3.05, 3.63) is 11.6 Å². The monoisotopic (exact) mass is 694 g/mol. The lowest BCUT2D eigenvalue weighted by atomic mass is 9.47. The summed E-state index contributed by atoms with van der Waals surface area (Å²) in [5.41, 5.74) is 2.30. The van der Waals surface area contributed by atoms with Crippen molar-refractivity contribution in [2.45, 2.75) is 118 Å². The fourth-order valence-electron chi connectivity index (χ4n) is 10.0. The van der Waals surface area contributed by atoms with E-state index < -0.39 is 6.16 Å². The zero-order chi connectivity index (χ0) is 34.0. The molecule has 8 unspecified atom stereocenters. The number of rotatable bonds is 17. The second kappa shape index (κ2) is 18.3. The number of nitrogens with zero attached hydrogens (tertiary/aromatic N) is 1. The maximum atomic E-state index is 12.5. The summed E-state index contributed by atoms with van der Waals surface area (Å²) in [6.07, 6.45) is 16.3. The van der Waals surface area contributed by atoms with Crippen LogP contribution in [0.3, 0.4) is 0 Å². The lowest BCUT2D eigenvalue weighted by molar-refractivity contribution is -0.0614. The molecule has 1 amide bonds. The lowest BCUT2D eigenvalue weighted by Gasteiger charge is -2.58. The molecule has 8 atom stereocenters.